The summed E-state index contributed by atoms with van der Waals surface area (Å²) < 4.78 is 0. The number of hydrogen-bond donors (Lipinski definition) is 2. The van der Waals surface area contributed by atoms with E-state index in [0.29, 0.717) is 19.4 Å². The maximum Gasteiger partial charge on any atom is 0.243 e. The van der Waals surface area contributed by atoms with Gasteiger partial charge in [-0.15, -0.1) is 11.8 Å². The Labute approximate surface area is 111 Å². The third-order valence-electron chi connectivity index (χ3n) is 2.95. The van der Waals surface area contributed by atoms with E-state index in [0.717, 1.165) is 5.56 Å². The minimum absolute atomic E-state index is 0.178. The van der Waals surface area contributed by atoms with Gasteiger partial charge in [0.15, 0.2) is 0 Å². The first-order chi connectivity index (χ1) is 8.69. The lowest BCUT2D eigenvalue weighted by atomic mass is 10.1. The zero-order valence-electron chi connectivity index (χ0n) is 10.2. The predicted molar refractivity (Wildman–Crippen MR) is 71.2 cm³/mol. The van der Waals surface area contributed by atoms with Gasteiger partial charge in [0, 0.05) is 17.9 Å². The van der Waals surface area contributed by atoms with Crippen LogP contribution in [0.1, 0.15) is 18.4 Å². The van der Waals surface area contributed by atoms with E-state index in [1.165, 1.54) is 4.90 Å². The number of hydrogen-bond acceptors (Lipinski definition) is 4. The van der Waals surface area contributed by atoms with Crippen molar-refractivity contribution < 1.29 is 9.59 Å². The highest BCUT2D eigenvalue weighted by molar-refractivity contribution is 7.98. The molecule has 2 N–H and O–H groups in total. The molecule has 2 amide bonds. The summed E-state index contributed by atoms with van der Waals surface area (Å²) in [6, 6.07) is 7.95. The molecule has 1 aromatic carbocycles. The van der Waals surface area contributed by atoms with Crippen LogP contribution in [0.5, 0.6) is 0 Å². The van der Waals surface area contributed by atoms with Crippen LogP contribution in [-0.2, 0) is 16.1 Å². The highest BCUT2D eigenvalue weighted by Crippen LogP contribution is 2.15. The quantitative estimate of drug-likeness (QED) is 0.636. The Bertz CT molecular complexity index is 445. The first kappa shape index (κ1) is 13.1. The fourth-order valence-electron chi connectivity index (χ4n) is 1.87. The number of imide groups is 1. The van der Waals surface area contributed by atoms with Crippen molar-refractivity contribution in [3.63, 3.8) is 0 Å². The summed E-state index contributed by atoms with van der Waals surface area (Å²) in [7, 11) is 0. The number of amides is 2. The first-order valence-electron chi connectivity index (χ1n) is 5.89. The van der Waals surface area contributed by atoms with Gasteiger partial charge in [0.2, 0.25) is 11.8 Å². The van der Waals surface area contributed by atoms with E-state index in [1.54, 1.807) is 11.8 Å². The monoisotopic (exact) mass is 264 g/mol. The minimum Gasteiger partial charge on any atom is -0.302 e. The van der Waals surface area contributed by atoms with Crippen molar-refractivity contribution in [3.8, 4) is 0 Å². The molecule has 0 saturated carbocycles. The van der Waals surface area contributed by atoms with Gasteiger partial charge in [0.05, 0.1) is 6.04 Å². The molecule has 1 aromatic rings. The van der Waals surface area contributed by atoms with E-state index in [4.69, 9.17) is 0 Å². The Morgan fingerprint density at radius 2 is 2.06 bits per heavy atom. The minimum atomic E-state index is -0.261. The summed E-state index contributed by atoms with van der Waals surface area (Å²) in [6.07, 6.45) is 3.03. The summed E-state index contributed by atoms with van der Waals surface area (Å²) in [6.45, 7) is 0.640. The molecule has 0 aliphatic carbocycles. The average molecular weight is 264 g/mol. The molecule has 0 radical (unpaired) electrons. The van der Waals surface area contributed by atoms with Gasteiger partial charge in [-0.25, -0.2) is 0 Å². The van der Waals surface area contributed by atoms with Gasteiger partial charge in [-0.05, 0) is 30.4 Å². The van der Waals surface area contributed by atoms with E-state index < -0.39 is 0 Å². The maximum absolute atomic E-state index is 11.5. The van der Waals surface area contributed by atoms with E-state index in [-0.39, 0.29) is 17.9 Å². The number of rotatable bonds is 4. The van der Waals surface area contributed by atoms with Crippen LogP contribution >= 0.6 is 11.8 Å². The van der Waals surface area contributed by atoms with Crippen molar-refractivity contribution in [3.05, 3.63) is 29.8 Å². The number of carbonyl (C=O) groups excluding carboxylic acids is 2. The largest absolute Gasteiger partial charge is 0.302 e. The molecule has 1 saturated heterocycles. The molecule has 1 atom stereocenters. The molecule has 2 rings (SSSR count). The molecular weight excluding hydrogens is 248 g/mol. The number of piperidine rings is 1. The van der Waals surface area contributed by atoms with Crippen molar-refractivity contribution in [2.45, 2.75) is 30.3 Å². The Kier molecular flexibility index (Phi) is 4.38. The summed E-state index contributed by atoms with van der Waals surface area (Å²) in [5.74, 6) is -0.394. The lowest BCUT2D eigenvalue weighted by Gasteiger charge is -2.21. The van der Waals surface area contributed by atoms with Crippen molar-refractivity contribution in [2.75, 3.05) is 6.26 Å². The Morgan fingerprint density at radius 1 is 1.33 bits per heavy atom. The molecule has 1 fully saturated rings. The number of carbonyl (C=O) groups is 2. The zero-order chi connectivity index (χ0) is 13.0. The number of nitrogens with one attached hydrogen (secondary N) is 2. The van der Waals surface area contributed by atoms with Crippen molar-refractivity contribution in [2.24, 2.45) is 0 Å². The van der Waals surface area contributed by atoms with Gasteiger partial charge in [0.25, 0.3) is 0 Å². The molecule has 5 heteroatoms. The smallest absolute Gasteiger partial charge is 0.243 e. The summed E-state index contributed by atoms with van der Waals surface area (Å²) in [4.78, 5) is 23.8. The van der Waals surface area contributed by atoms with Crippen LogP contribution < -0.4 is 10.6 Å². The molecular formula is C13H16N2O2S. The molecule has 18 heavy (non-hydrogen) atoms. The Morgan fingerprint density at radius 3 is 2.67 bits per heavy atom. The Hall–Kier alpha value is -1.33. The summed E-state index contributed by atoms with van der Waals surface area (Å²) in [5, 5.41) is 5.51. The summed E-state index contributed by atoms with van der Waals surface area (Å²) in [5.41, 5.74) is 1.14. The van der Waals surface area contributed by atoms with Gasteiger partial charge in [-0.2, -0.15) is 0 Å². The zero-order valence-corrected chi connectivity index (χ0v) is 11.0. The lowest BCUT2D eigenvalue weighted by molar-refractivity contribution is -0.134. The normalized spacial score (nSPS) is 19.7. The van der Waals surface area contributed by atoms with E-state index in [9.17, 15) is 9.59 Å². The molecule has 1 unspecified atom stereocenters. The van der Waals surface area contributed by atoms with Gasteiger partial charge in [-0.3, -0.25) is 14.9 Å². The molecule has 1 heterocycles. The molecule has 0 bridgehead atoms. The van der Waals surface area contributed by atoms with E-state index in [2.05, 4.69) is 22.8 Å². The fourth-order valence-corrected chi connectivity index (χ4v) is 2.28. The molecule has 96 valence electrons. The molecule has 4 nitrogen and oxygen atoms in total. The second-order valence-corrected chi connectivity index (χ2v) is 5.11. The maximum atomic E-state index is 11.5. The van der Waals surface area contributed by atoms with Crippen LogP contribution in [-0.4, -0.2) is 24.1 Å². The highest BCUT2D eigenvalue weighted by atomic mass is 32.2. The predicted octanol–water partition coefficient (Wildman–Crippen LogP) is 1.30. The lowest BCUT2D eigenvalue weighted by Crippen LogP contribution is -2.50. The van der Waals surface area contributed by atoms with Crippen LogP contribution in [0.15, 0.2) is 29.2 Å². The van der Waals surface area contributed by atoms with Gasteiger partial charge in [0.1, 0.15) is 0 Å². The van der Waals surface area contributed by atoms with Crippen molar-refractivity contribution >= 4 is 23.6 Å². The second-order valence-electron chi connectivity index (χ2n) is 4.23. The third-order valence-corrected chi connectivity index (χ3v) is 3.69. The highest BCUT2D eigenvalue weighted by Gasteiger charge is 2.25. The summed E-state index contributed by atoms with van der Waals surface area (Å²) >= 11 is 1.70. The van der Waals surface area contributed by atoms with Crippen LogP contribution in [0, 0.1) is 0 Å². The van der Waals surface area contributed by atoms with Gasteiger partial charge >= 0.3 is 0 Å². The number of thioether (sulfide) groups is 1. The molecule has 1 aliphatic heterocycles. The van der Waals surface area contributed by atoms with Crippen LogP contribution in [0.25, 0.3) is 0 Å². The van der Waals surface area contributed by atoms with Crippen molar-refractivity contribution in [1.29, 1.82) is 0 Å². The molecule has 1 aliphatic rings. The topological polar surface area (TPSA) is 58.2 Å². The van der Waals surface area contributed by atoms with Crippen molar-refractivity contribution in [1.82, 2.24) is 10.6 Å². The Balaban J connectivity index is 1.87. The molecule has 0 aromatic heterocycles. The second kappa shape index (κ2) is 6.02. The third kappa shape index (κ3) is 3.34. The van der Waals surface area contributed by atoms with E-state index in [1.807, 2.05) is 18.4 Å². The fraction of sp³-hybridized carbons (Fsp3) is 0.385. The van der Waals surface area contributed by atoms with E-state index >= 15 is 0 Å². The SMILES string of the molecule is CSc1ccc(CNC2CCC(=O)NC2=O)cc1. The van der Waals surface area contributed by atoms with Gasteiger partial charge < -0.3 is 5.32 Å². The first-order valence-corrected chi connectivity index (χ1v) is 7.11. The standard InChI is InChI=1S/C13H16N2O2S/c1-18-10-4-2-9(3-5-10)8-14-11-6-7-12(16)15-13(11)17/h2-5,11,14H,6-8H2,1H3,(H,15,16,17). The van der Waals surface area contributed by atoms with Crippen LogP contribution in [0.4, 0.5) is 0 Å². The average Bonchev–Trinajstić information content (AvgIpc) is 2.38. The van der Waals surface area contributed by atoms with Crippen LogP contribution in [0.2, 0.25) is 0 Å². The number of benzene rings is 1. The van der Waals surface area contributed by atoms with Crippen LogP contribution in [0.3, 0.4) is 0 Å². The molecule has 0 spiro atoms. The van der Waals surface area contributed by atoms with Gasteiger partial charge in [-0.1, -0.05) is 12.1 Å².